The normalized spacial score (nSPS) is 18.7. The van der Waals surface area contributed by atoms with Crippen molar-refractivity contribution in [1.82, 2.24) is 4.31 Å². The van der Waals surface area contributed by atoms with E-state index in [-0.39, 0.29) is 10.8 Å². The highest BCUT2D eigenvalue weighted by Crippen LogP contribution is 2.36. The molecule has 4 rings (SSSR count). The van der Waals surface area contributed by atoms with Crippen LogP contribution in [0.15, 0.2) is 59.5 Å². The molecule has 34 heavy (non-hydrogen) atoms. The van der Waals surface area contributed by atoms with E-state index >= 15 is 0 Å². The van der Waals surface area contributed by atoms with Gasteiger partial charge in [0.05, 0.1) is 23.8 Å². The molecule has 180 valence electrons. The molecule has 10 heteroatoms. The molecule has 2 heterocycles. The van der Waals surface area contributed by atoms with Gasteiger partial charge in [0.25, 0.3) is 11.8 Å². The van der Waals surface area contributed by atoms with E-state index in [0.29, 0.717) is 55.5 Å². The van der Waals surface area contributed by atoms with Crippen LogP contribution in [-0.4, -0.2) is 63.5 Å². The number of hydrogen-bond donors (Lipinski definition) is 1. The number of carbonyl (C=O) groups excluding carboxylic acids is 2. The molecule has 0 spiro atoms. The maximum Gasteiger partial charge on any atom is 0.268 e. The molecule has 0 aromatic heterocycles. The number of rotatable bonds is 6. The van der Waals surface area contributed by atoms with Crippen molar-refractivity contribution >= 4 is 33.2 Å². The average molecular weight is 486 g/mol. The van der Waals surface area contributed by atoms with Gasteiger partial charge in [0.2, 0.25) is 10.0 Å². The first-order chi connectivity index (χ1) is 16.2. The Kier molecular flexibility index (Phi) is 6.74. The fraction of sp³-hybridized carbons (Fsp3) is 0.333. The molecule has 9 nitrogen and oxygen atoms in total. The molecule has 2 aliphatic heterocycles. The summed E-state index contributed by atoms with van der Waals surface area (Å²) in [5.41, 5.74) is 2.25. The Morgan fingerprint density at radius 1 is 1.15 bits per heavy atom. The van der Waals surface area contributed by atoms with Gasteiger partial charge in [-0.1, -0.05) is 12.2 Å². The predicted octanol–water partition coefficient (Wildman–Crippen LogP) is 2.65. The second-order valence-electron chi connectivity index (χ2n) is 8.32. The third kappa shape index (κ3) is 4.84. The second-order valence-corrected chi connectivity index (χ2v) is 10.3. The summed E-state index contributed by atoms with van der Waals surface area (Å²) in [6.45, 7) is 9.12. The van der Waals surface area contributed by atoms with Gasteiger partial charge in [-0.05, 0) is 50.2 Å². The van der Waals surface area contributed by atoms with Gasteiger partial charge in [-0.3, -0.25) is 9.59 Å². The van der Waals surface area contributed by atoms with Crippen molar-refractivity contribution in [2.45, 2.75) is 24.8 Å². The third-order valence-corrected chi connectivity index (χ3v) is 7.49. The lowest BCUT2D eigenvalue weighted by Crippen LogP contribution is -2.45. The molecule has 0 radical (unpaired) electrons. The Hall–Kier alpha value is -3.21. The van der Waals surface area contributed by atoms with Crippen LogP contribution in [0.1, 0.15) is 24.2 Å². The van der Waals surface area contributed by atoms with Crippen LogP contribution in [0.3, 0.4) is 0 Å². The predicted molar refractivity (Wildman–Crippen MR) is 128 cm³/mol. The van der Waals surface area contributed by atoms with E-state index in [1.54, 1.807) is 30.0 Å². The van der Waals surface area contributed by atoms with Crippen LogP contribution in [-0.2, 0) is 19.6 Å². The zero-order valence-corrected chi connectivity index (χ0v) is 19.9. The Morgan fingerprint density at radius 2 is 1.82 bits per heavy atom. The van der Waals surface area contributed by atoms with Gasteiger partial charge in [0.1, 0.15) is 5.75 Å². The molecule has 1 fully saturated rings. The number of morpholine rings is 1. The zero-order chi connectivity index (χ0) is 24.5. The van der Waals surface area contributed by atoms with Crippen LogP contribution in [0.5, 0.6) is 5.75 Å². The first-order valence-corrected chi connectivity index (χ1v) is 12.4. The Balaban J connectivity index is 1.49. The summed E-state index contributed by atoms with van der Waals surface area (Å²) >= 11 is 0. The number of anilines is 2. The maximum atomic E-state index is 12.8. The molecular weight excluding hydrogens is 458 g/mol. The molecule has 2 aromatic rings. The van der Waals surface area contributed by atoms with Crippen LogP contribution in [0.25, 0.3) is 0 Å². The number of carbonyl (C=O) groups is 2. The SMILES string of the molecule is C=C(C)CN1C(=O)C(C)Oc2cc(NC(=O)c3ccc(S(=O)(=O)N4CCOCC4)cc3)ccc21. The number of sulfonamides is 1. The highest BCUT2D eigenvalue weighted by molar-refractivity contribution is 7.89. The van der Waals surface area contributed by atoms with E-state index in [4.69, 9.17) is 9.47 Å². The van der Waals surface area contributed by atoms with E-state index in [1.165, 1.54) is 28.6 Å². The molecule has 1 N–H and O–H groups in total. The fourth-order valence-corrected chi connectivity index (χ4v) is 5.25. The van der Waals surface area contributed by atoms with Gasteiger partial charge in [-0.15, -0.1) is 0 Å². The minimum atomic E-state index is -3.63. The lowest BCUT2D eigenvalue weighted by Gasteiger charge is -2.33. The minimum absolute atomic E-state index is 0.129. The fourth-order valence-electron chi connectivity index (χ4n) is 3.84. The first-order valence-electron chi connectivity index (χ1n) is 10.9. The number of benzene rings is 2. The second kappa shape index (κ2) is 9.57. The zero-order valence-electron chi connectivity index (χ0n) is 19.1. The highest BCUT2D eigenvalue weighted by atomic mass is 32.2. The Labute approximate surface area is 199 Å². The topological polar surface area (TPSA) is 105 Å². The largest absolute Gasteiger partial charge is 0.479 e. The molecular formula is C24H27N3O6S. The minimum Gasteiger partial charge on any atom is -0.479 e. The van der Waals surface area contributed by atoms with E-state index in [0.717, 1.165) is 5.57 Å². The summed E-state index contributed by atoms with van der Waals surface area (Å²) in [6, 6.07) is 10.9. The molecule has 0 aliphatic carbocycles. The van der Waals surface area contributed by atoms with Crippen molar-refractivity contribution in [3.63, 3.8) is 0 Å². The number of hydrogen-bond acceptors (Lipinski definition) is 6. The Bertz CT molecular complexity index is 1220. The highest BCUT2D eigenvalue weighted by Gasteiger charge is 2.31. The third-order valence-electron chi connectivity index (χ3n) is 5.58. The summed E-state index contributed by atoms with van der Waals surface area (Å²) < 4.78 is 37.9. The van der Waals surface area contributed by atoms with Crippen LogP contribution >= 0.6 is 0 Å². The van der Waals surface area contributed by atoms with E-state index in [2.05, 4.69) is 11.9 Å². The van der Waals surface area contributed by atoms with Gasteiger partial charge >= 0.3 is 0 Å². The smallest absolute Gasteiger partial charge is 0.268 e. The summed E-state index contributed by atoms with van der Waals surface area (Å²) in [5.74, 6) is -0.0634. The first kappa shape index (κ1) is 23.9. The van der Waals surface area contributed by atoms with Gasteiger partial charge in [0, 0.05) is 37.0 Å². The maximum absolute atomic E-state index is 12.8. The molecule has 0 bridgehead atoms. The average Bonchev–Trinajstić information content (AvgIpc) is 2.82. The quantitative estimate of drug-likeness (QED) is 0.631. The van der Waals surface area contributed by atoms with Gasteiger partial charge in [0.15, 0.2) is 6.10 Å². The molecule has 2 aromatic carbocycles. The van der Waals surface area contributed by atoms with Crippen LogP contribution < -0.4 is 15.0 Å². The van der Waals surface area contributed by atoms with Crippen LogP contribution in [0, 0.1) is 0 Å². The van der Waals surface area contributed by atoms with Crippen molar-refractivity contribution in [2.24, 2.45) is 0 Å². The van der Waals surface area contributed by atoms with Crippen molar-refractivity contribution in [2.75, 3.05) is 43.1 Å². The van der Waals surface area contributed by atoms with E-state index in [9.17, 15) is 18.0 Å². The van der Waals surface area contributed by atoms with E-state index in [1.807, 2.05) is 6.92 Å². The summed E-state index contributed by atoms with van der Waals surface area (Å²) in [7, 11) is -3.63. The van der Waals surface area contributed by atoms with Crippen LogP contribution in [0.2, 0.25) is 0 Å². The number of nitrogens with one attached hydrogen (secondary N) is 1. The lowest BCUT2D eigenvalue weighted by atomic mass is 10.1. The number of ether oxygens (including phenoxy) is 2. The summed E-state index contributed by atoms with van der Waals surface area (Å²) in [6.07, 6.45) is -0.654. The lowest BCUT2D eigenvalue weighted by molar-refractivity contribution is -0.125. The van der Waals surface area contributed by atoms with Gasteiger partial charge in [-0.25, -0.2) is 8.42 Å². The van der Waals surface area contributed by atoms with Gasteiger partial charge < -0.3 is 19.7 Å². The van der Waals surface area contributed by atoms with Crippen molar-refractivity contribution in [3.8, 4) is 5.75 Å². The van der Waals surface area contributed by atoms with Crippen molar-refractivity contribution < 1.29 is 27.5 Å². The van der Waals surface area contributed by atoms with Gasteiger partial charge in [-0.2, -0.15) is 4.31 Å². The summed E-state index contributed by atoms with van der Waals surface area (Å²) in [4.78, 5) is 27.0. The molecule has 1 unspecified atom stereocenters. The monoisotopic (exact) mass is 485 g/mol. The standard InChI is InChI=1S/C24H27N3O6S/c1-16(2)15-27-21-9-6-19(14-22(21)33-17(3)24(27)29)25-23(28)18-4-7-20(8-5-18)34(30,31)26-10-12-32-13-11-26/h4-9,14,17H,1,10-13,15H2,2-3H3,(H,25,28). The Morgan fingerprint density at radius 3 is 2.47 bits per heavy atom. The number of nitrogens with zero attached hydrogens (tertiary/aromatic N) is 2. The molecule has 1 atom stereocenters. The summed E-state index contributed by atoms with van der Waals surface area (Å²) in [5, 5.41) is 2.80. The molecule has 2 amide bonds. The van der Waals surface area contributed by atoms with Crippen molar-refractivity contribution in [3.05, 3.63) is 60.2 Å². The number of fused-ring (bicyclic) bond motifs is 1. The number of amides is 2. The molecule has 0 saturated carbocycles. The molecule has 1 saturated heterocycles. The van der Waals surface area contributed by atoms with Crippen molar-refractivity contribution in [1.29, 1.82) is 0 Å². The molecule has 2 aliphatic rings. The van der Waals surface area contributed by atoms with Crippen LogP contribution in [0.4, 0.5) is 11.4 Å². The van der Waals surface area contributed by atoms with E-state index < -0.39 is 22.0 Å².